The highest BCUT2D eigenvalue weighted by Gasteiger charge is 2.28. The molecule has 0 saturated heterocycles. The van der Waals surface area contributed by atoms with Crippen LogP contribution in [0, 0.1) is 5.82 Å². The van der Waals surface area contributed by atoms with Crippen molar-refractivity contribution < 1.29 is 9.18 Å². The minimum absolute atomic E-state index is 0.0298. The molecule has 1 amide bonds. The van der Waals surface area contributed by atoms with E-state index in [0.717, 1.165) is 24.7 Å². The molecule has 19 heavy (non-hydrogen) atoms. The quantitative estimate of drug-likeness (QED) is 0.908. The topological polar surface area (TPSA) is 70.7 Å². The summed E-state index contributed by atoms with van der Waals surface area (Å²) in [6.45, 7) is 0. The number of nitrogens with one attached hydrogen (secondary N) is 2. The maximum absolute atomic E-state index is 13.1. The number of carbonyl (C=O) groups is 1. The highest BCUT2D eigenvalue weighted by atomic mass is 35.5. The number of H-pyrrole nitrogens is 1. The van der Waals surface area contributed by atoms with Crippen molar-refractivity contribution in [1.29, 1.82) is 0 Å². The van der Waals surface area contributed by atoms with Crippen LogP contribution < -0.4 is 5.32 Å². The number of carbonyl (C=O) groups excluding carboxylic acids is 1. The Kier molecular flexibility index (Phi) is 2.94. The van der Waals surface area contributed by atoms with Gasteiger partial charge in [-0.2, -0.15) is 0 Å². The second-order valence-corrected chi connectivity index (χ2v) is 4.80. The molecule has 1 fully saturated rings. The van der Waals surface area contributed by atoms with Crippen molar-refractivity contribution in [3.05, 3.63) is 40.7 Å². The number of hydrogen-bond acceptors (Lipinski definition) is 3. The summed E-state index contributed by atoms with van der Waals surface area (Å²) in [6.07, 6.45) is 2.12. The molecule has 1 aliphatic carbocycles. The number of amides is 1. The molecular formula is C12H10ClFN4O. The molecule has 0 atom stereocenters. The average Bonchev–Trinajstić information content (AvgIpc) is 3.11. The molecule has 98 valence electrons. The zero-order valence-electron chi connectivity index (χ0n) is 9.78. The Morgan fingerprint density at radius 2 is 2.26 bits per heavy atom. The first-order valence-electron chi connectivity index (χ1n) is 5.82. The van der Waals surface area contributed by atoms with Crippen molar-refractivity contribution in [1.82, 2.24) is 15.2 Å². The van der Waals surface area contributed by atoms with Gasteiger partial charge in [0.2, 0.25) is 5.82 Å². The van der Waals surface area contributed by atoms with Crippen molar-refractivity contribution in [2.45, 2.75) is 18.8 Å². The van der Waals surface area contributed by atoms with Crippen LogP contribution in [0.25, 0.3) is 0 Å². The highest BCUT2D eigenvalue weighted by molar-refractivity contribution is 6.33. The van der Waals surface area contributed by atoms with E-state index >= 15 is 0 Å². The molecule has 7 heteroatoms. The molecule has 1 aromatic carbocycles. The van der Waals surface area contributed by atoms with E-state index in [1.165, 1.54) is 12.1 Å². The Morgan fingerprint density at radius 1 is 1.47 bits per heavy atom. The molecule has 2 N–H and O–H groups in total. The van der Waals surface area contributed by atoms with Crippen LogP contribution in [-0.4, -0.2) is 21.1 Å². The maximum Gasteiger partial charge on any atom is 0.295 e. The first-order chi connectivity index (χ1) is 9.13. The third-order valence-electron chi connectivity index (χ3n) is 2.85. The summed E-state index contributed by atoms with van der Waals surface area (Å²) in [7, 11) is 0. The zero-order valence-corrected chi connectivity index (χ0v) is 10.5. The number of nitrogens with zero attached hydrogens (tertiary/aromatic N) is 2. The largest absolute Gasteiger partial charge is 0.318 e. The van der Waals surface area contributed by atoms with Gasteiger partial charge in [0.25, 0.3) is 5.91 Å². The van der Waals surface area contributed by atoms with Gasteiger partial charge in [0, 0.05) is 5.92 Å². The van der Waals surface area contributed by atoms with Crippen LogP contribution in [0.15, 0.2) is 18.2 Å². The lowest BCUT2D eigenvalue weighted by Crippen LogP contribution is -2.14. The van der Waals surface area contributed by atoms with Crippen molar-refractivity contribution in [3.8, 4) is 0 Å². The van der Waals surface area contributed by atoms with Crippen LogP contribution >= 0.6 is 11.6 Å². The molecule has 5 nitrogen and oxygen atoms in total. The Morgan fingerprint density at radius 3 is 3.00 bits per heavy atom. The summed E-state index contributed by atoms with van der Waals surface area (Å²) in [6, 6.07) is 3.74. The molecule has 0 bridgehead atoms. The van der Waals surface area contributed by atoms with E-state index in [1.54, 1.807) is 0 Å². The molecule has 0 aliphatic heterocycles. The predicted molar refractivity (Wildman–Crippen MR) is 67.7 cm³/mol. The van der Waals surface area contributed by atoms with E-state index in [9.17, 15) is 9.18 Å². The molecule has 1 aliphatic rings. The Balaban J connectivity index is 1.77. The summed E-state index contributed by atoms with van der Waals surface area (Å²) in [5, 5.41) is 9.31. The van der Waals surface area contributed by atoms with E-state index in [0.29, 0.717) is 5.92 Å². The maximum atomic E-state index is 13.1. The van der Waals surface area contributed by atoms with Crippen LogP contribution in [0.1, 0.15) is 35.2 Å². The third kappa shape index (κ3) is 2.58. The van der Waals surface area contributed by atoms with Crippen molar-refractivity contribution >= 4 is 23.2 Å². The number of aromatic amines is 1. The summed E-state index contributed by atoms with van der Waals surface area (Å²) in [5.41, 5.74) is 0.199. The molecule has 1 heterocycles. The SMILES string of the molecule is O=C(Nc1cc(F)ccc1Cl)c1n[nH]c(C2CC2)n1. The van der Waals surface area contributed by atoms with Crippen LogP contribution in [0.3, 0.4) is 0 Å². The lowest BCUT2D eigenvalue weighted by Gasteiger charge is -2.04. The minimum atomic E-state index is -0.518. The van der Waals surface area contributed by atoms with Gasteiger partial charge < -0.3 is 5.32 Å². The number of halogens is 2. The minimum Gasteiger partial charge on any atom is -0.318 e. The second kappa shape index (κ2) is 4.62. The number of hydrogen-bond donors (Lipinski definition) is 2. The van der Waals surface area contributed by atoms with E-state index in [-0.39, 0.29) is 16.5 Å². The predicted octanol–water partition coefficient (Wildman–Crippen LogP) is 2.73. The Hall–Kier alpha value is -1.95. The molecule has 0 spiro atoms. The summed E-state index contributed by atoms with van der Waals surface area (Å²) < 4.78 is 13.1. The Labute approximate surface area is 113 Å². The van der Waals surface area contributed by atoms with Crippen LogP contribution in [0.4, 0.5) is 10.1 Å². The van der Waals surface area contributed by atoms with E-state index in [2.05, 4.69) is 20.5 Å². The first kappa shape index (κ1) is 12.1. The first-order valence-corrected chi connectivity index (χ1v) is 6.20. The van der Waals surface area contributed by atoms with Gasteiger partial charge in [-0.15, -0.1) is 5.10 Å². The molecular weight excluding hydrogens is 271 g/mol. The molecule has 1 aromatic heterocycles. The summed E-state index contributed by atoms with van der Waals surface area (Å²) in [4.78, 5) is 16.0. The normalized spacial score (nSPS) is 14.4. The number of rotatable bonds is 3. The third-order valence-corrected chi connectivity index (χ3v) is 3.18. The van der Waals surface area contributed by atoms with Crippen LogP contribution in [0.5, 0.6) is 0 Å². The number of anilines is 1. The van der Waals surface area contributed by atoms with E-state index in [4.69, 9.17) is 11.6 Å². The van der Waals surface area contributed by atoms with E-state index < -0.39 is 11.7 Å². The molecule has 0 radical (unpaired) electrons. The van der Waals surface area contributed by atoms with Gasteiger partial charge in [-0.05, 0) is 31.0 Å². The average molecular weight is 281 g/mol. The fourth-order valence-electron chi connectivity index (χ4n) is 1.69. The number of benzene rings is 1. The van der Waals surface area contributed by atoms with Crippen molar-refractivity contribution in [2.75, 3.05) is 5.32 Å². The van der Waals surface area contributed by atoms with Crippen LogP contribution in [0.2, 0.25) is 5.02 Å². The molecule has 2 aromatic rings. The lowest BCUT2D eigenvalue weighted by atomic mass is 10.3. The highest BCUT2D eigenvalue weighted by Crippen LogP contribution is 2.37. The fourth-order valence-corrected chi connectivity index (χ4v) is 1.85. The van der Waals surface area contributed by atoms with Gasteiger partial charge in [0.15, 0.2) is 0 Å². The van der Waals surface area contributed by atoms with Crippen molar-refractivity contribution in [2.24, 2.45) is 0 Å². The van der Waals surface area contributed by atoms with E-state index in [1.807, 2.05) is 0 Å². The van der Waals surface area contributed by atoms with Crippen LogP contribution in [-0.2, 0) is 0 Å². The fraction of sp³-hybridized carbons (Fsp3) is 0.250. The van der Waals surface area contributed by atoms with Gasteiger partial charge in [0.1, 0.15) is 11.6 Å². The lowest BCUT2D eigenvalue weighted by molar-refractivity contribution is 0.101. The standard InChI is InChI=1S/C12H10ClFN4O/c13-8-4-3-7(14)5-9(8)15-12(19)11-16-10(17-18-11)6-1-2-6/h3-6H,1-2H2,(H,15,19)(H,16,17,18). The van der Waals surface area contributed by atoms with Gasteiger partial charge in [-0.1, -0.05) is 11.6 Å². The van der Waals surface area contributed by atoms with Gasteiger partial charge in [-0.25, -0.2) is 9.37 Å². The Bertz CT molecular complexity index is 638. The summed E-state index contributed by atoms with van der Waals surface area (Å²) in [5.74, 6) is 0.133. The van der Waals surface area contributed by atoms with Gasteiger partial charge in [-0.3, -0.25) is 9.89 Å². The smallest absolute Gasteiger partial charge is 0.295 e. The number of aromatic nitrogens is 3. The molecule has 1 saturated carbocycles. The van der Waals surface area contributed by atoms with Gasteiger partial charge >= 0.3 is 0 Å². The zero-order chi connectivity index (χ0) is 13.4. The molecule has 0 unspecified atom stereocenters. The van der Waals surface area contributed by atoms with Gasteiger partial charge in [0.05, 0.1) is 10.7 Å². The summed E-state index contributed by atoms with van der Waals surface area (Å²) >= 11 is 5.86. The monoisotopic (exact) mass is 280 g/mol. The van der Waals surface area contributed by atoms with Crippen molar-refractivity contribution in [3.63, 3.8) is 0 Å². The second-order valence-electron chi connectivity index (χ2n) is 4.40. The molecule has 3 rings (SSSR count).